The first kappa shape index (κ1) is 18.9. The van der Waals surface area contributed by atoms with Crippen molar-refractivity contribution in [2.45, 2.75) is 4.90 Å². The second kappa shape index (κ2) is 7.20. The molecule has 2 rings (SSSR count). The zero-order chi connectivity index (χ0) is 18.8. The topological polar surface area (TPSA) is 95.9 Å². The Bertz CT molecular complexity index is 913. The molecule has 0 saturated carbocycles. The van der Waals surface area contributed by atoms with Crippen molar-refractivity contribution >= 4 is 39.0 Å². The predicted molar refractivity (Wildman–Crippen MR) is 96.5 cm³/mol. The van der Waals surface area contributed by atoms with Gasteiger partial charge in [0, 0.05) is 24.8 Å². The molecule has 0 unspecified atom stereocenters. The van der Waals surface area contributed by atoms with E-state index in [1.165, 1.54) is 43.5 Å². The number of benzene rings is 2. The van der Waals surface area contributed by atoms with Crippen LogP contribution in [-0.2, 0) is 10.0 Å². The molecule has 0 spiro atoms. The quantitative estimate of drug-likeness (QED) is 0.795. The van der Waals surface area contributed by atoms with Crippen molar-refractivity contribution in [3.8, 4) is 5.75 Å². The molecular weight excluding hydrogens is 368 g/mol. The van der Waals surface area contributed by atoms with Crippen LogP contribution in [-0.4, -0.2) is 40.7 Å². The summed E-state index contributed by atoms with van der Waals surface area (Å²) in [6, 6.07) is 8.47. The Morgan fingerprint density at radius 2 is 1.88 bits per heavy atom. The van der Waals surface area contributed by atoms with Gasteiger partial charge in [0.15, 0.2) is 0 Å². The van der Waals surface area contributed by atoms with Crippen LogP contribution in [0.4, 0.5) is 11.4 Å². The van der Waals surface area contributed by atoms with Gasteiger partial charge in [-0.3, -0.25) is 4.72 Å². The zero-order valence-electron chi connectivity index (χ0n) is 13.8. The number of halogens is 1. The van der Waals surface area contributed by atoms with E-state index in [9.17, 15) is 18.3 Å². The van der Waals surface area contributed by atoms with E-state index in [0.29, 0.717) is 5.69 Å². The predicted octanol–water partition coefficient (Wildman–Crippen LogP) is 2.91. The van der Waals surface area contributed by atoms with Gasteiger partial charge < -0.3 is 14.7 Å². The molecule has 25 heavy (non-hydrogen) atoms. The minimum absolute atomic E-state index is 0.0248. The number of rotatable bonds is 6. The van der Waals surface area contributed by atoms with Crippen LogP contribution in [0, 0.1) is 0 Å². The van der Waals surface area contributed by atoms with E-state index >= 15 is 0 Å². The van der Waals surface area contributed by atoms with Crippen molar-refractivity contribution in [1.82, 2.24) is 0 Å². The Balaban J connectivity index is 2.47. The second-order valence-electron chi connectivity index (χ2n) is 5.33. The van der Waals surface area contributed by atoms with Gasteiger partial charge in [-0.1, -0.05) is 11.6 Å². The summed E-state index contributed by atoms with van der Waals surface area (Å²) in [6.07, 6.45) is 0. The highest BCUT2D eigenvalue weighted by Gasteiger charge is 2.21. The van der Waals surface area contributed by atoms with Crippen LogP contribution < -0.4 is 14.4 Å². The van der Waals surface area contributed by atoms with Crippen molar-refractivity contribution < 1.29 is 23.1 Å². The molecular formula is C16H17ClN2O5S. The molecule has 9 heteroatoms. The molecule has 0 heterocycles. The largest absolute Gasteiger partial charge is 0.495 e. The van der Waals surface area contributed by atoms with Crippen LogP contribution in [0.3, 0.4) is 0 Å². The molecule has 0 saturated heterocycles. The lowest BCUT2D eigenvalue weighted by atomic mass is 10.1. The van der Waals surface area contributed by atoms with Crippen LogP contribution in [0.5, 0.6) is 5.75 Å². The molecule has 0 radical (unpaired) electrons. The van der Waals surface area contributed by atoms with Gasteiger partial charge in [0.05, 0.1) is 18.4 Å². The van der Waals surface area contributed by atoms with E-state index in [4.69, 9.17) is 16.3 Å². The standard InChI is InChI=1S/C16H17ClN2O5S/c1-19(2)13-6-5-11(9-12(13)16(20)21)18-25(22,23)15-8-10(17)4-7-14(15)24-3/h4-9,18H,1-3H3,(H,20,21). The number of ether oxygens (including phenoxy) is 1. The molecule has 0 bridgehead atoms. The number of hydrogen-bond donors (Lipinski definition) is 2. The van der Waals surface area contributed by atoms with Crippen LogP contribution in [0.2, 0.25) is 5.02 Å². The van der Waals surface area contributed by atoms with Gasteiger partial charge in [0.2, 0.25) is 0 Å². The summed E-state index contributed by atoms with van der Waals surface area (Å²) < 4.78 is 32.7. The zero-order valence-corrected chi connectivity index (χ0v) is 15.4. The van der Waals surface area contributed by atoms with E-state index in [1.54, 1.807) is 19.0 Å². The monoisotopic (exact) mass is 384 g/mol. The molecule has 0 atom stereocenters. The first-order valence-electron chi connectivity index (χ1n) is 7.06. The van der Waals surface area contributed by atoms with Gasteiger partial charge in [-0.15, -0.1) is 0 Å². The summed E-state index contributed by atoms with van der Waals surface area (Å²) in [5.74, 6) is -1.04. The number of carboxylic acid groups (broad SMARTS) is 1. The number of nitrogens with one attached hydrogen (secondary N) is 1. The summed E-state index contributed by atoms with van der Waals surface area (Å²) in [5.41, 5.74) is 0.545. The Morgan fingerprint density at radius 3 is 2.44 bits per heavy atom. The van der Waals surface area contributed by atoms with Crippen LogP contribution >= 0.6 is 11.6 Å². The number of sulfonamides is 1. The average Bonchev–Trinajstić information content (AvgIpc) is 2.54. The Labute approximate surface area is 150 Å². The summed E-state index contributed by atoms with van der Waals surface area (Å²) in [7, 11) is 0.718. The molecule has 0 aromatic heterocycles. The highest BCUT2D eigenvalue weighted by molar-refractivity contribution is 7.92. The number of carbonyl (C=O) groups is 1. The molecule has 0 fully saturated rings. The lowest BCUT2D eigenvalue weighted by Crippen LogP contribution is -2.17. The molecule has 2 aromatic carbocycles. The number of hydrogen-bond acceptors (Lipinski definition) is 5. The van der Waals surface area contributed by atoms with E-state index in [0.717, 1.165) is 0 Å². The maximum atomic E-state index is 12.6. The van der Waals surface area contributed by atoms with E-state index < -0.39 is 16.0 Å². The Hall–Kier alpha value is -2.45. The van der Waals surface area contributed by atoms with Gasteiger partial charge in [-0.25, -0.2) is 13.2 Å². The molecule has 0 aliphatic heterocycles. The van der Waals surface area contributed by atoms with E-state index in [-0.39, 0.29) is 26.9 Å². The normalized spacial score (nSPS) is 11.0. The number of methoxy groups -OCH3 is 1. The number of anilines is 2. The number of aromatic carboxylic acids is 1. The van der Waals surface area contributed by atoms with Crippen molar-refractivity contribution in [2.24, 2.45) is 0 Å². The third kappa shape index (κ3) is 4.15. The fraction of sp³-hybridized carbons (Fsp3) is 0.188. The number of carboxylic acids is 1. The van der Waals surface area contributed by atoms with Crippen molar-refractivity contribution in [2.75, 3.05) is 30.8 Å². The smallest absolute Gasteiger partial charge is 0.337 e. The molecule has 7 nitrogen and oxygen atoms in total. The summed E-state index contributed by atoms with van der Waals surface area (Å²) >= 11 is 5.87. The van der Waals surface area contributed by atoms with Crippen molar-refractivity contribution in [3.05, 3.63) is 47.0 Å². The van der Waals surface area contributed by atoms with Gasteiger partial charge in [0.1, 0.15) is 10.6 Å². The third-order valence-corrected chi connectivity index (χ3v) is 5.01. The van der Waals surface area contributed by atoms with Gasteiger partial charge >= 0.3 is 5.97 Å². The van der Waals surface area contributed by atoms with Crippen molar-refractivity contribution in [3.63, 3.8) is 0 Å². The molecule has 0 amide bonds. The fourth-order valence-electron chi connectivity index (χ4n) is 2.23. The maximum Gasteiger partial charge on any atom is 0.337 e. The summed E-state index contributed by atoms with van der Waals surface area (Å²) in [6.45, 7) is 0. The lowest BCUT2D eigenvalue weighted by molar-refractivity contribution is 0.0697. The third-order valence-electron chi connectivity index (χ3n) is 3.38. The first-order valence-corrected chi connectivity index (χ1v) is 8.93. The molecule has 0 aliphatic carbocycles. The van der Waals surface area contributed by atoms with Crippen LogP contribution in [0.1, 0.15) is 10.4 Å². The van der Waals surface area contributed by atoms with Gasteiger partial charge in [-0.05, 0) is 36.4 Å². The minimum Gasteiger partial charge on any atom is -0.495 e. The molecule has 2 N–H and O–H groups in total. The Morgan fingerprint density at radius 1 is 1.20 bits per heavy atom. The minimum atomic E-state index is -4.02. The second-order valence-corrected chi connectivity index (χ2v) is 7.42. The highest BCUT2D eigenvalue weighted by Crippen LogP contribution is 2.30. The lowest BCUT2D eigenvalue weighted by Gasteiger charge is -2.17. The SMILES string of the molecule is COc1ccc(Cl)cc1S(=O)(=O)Nc1ccc(N(C)C)c(C(=O)O)c1. The first-order chi connectivity index (χ1) is 11.7. The average molecular weight is 385 g/mol. The summed E-state index contributed by atoms with van der Waals surface area (Å²) in [4.78, 5) is 12.9. The molecule has 2 aromatic rings. The summed E-state index contributed by atoms with van der Waals surface area (Å²) in [5, 5.41) is 9.56. The van der Waals surface area contributed by atoms with Gasteiger partial charge in [-0.2, -0.15) is 0 Å². The highest BCUT2D eigenvalue weighted by atomic mass is 35.5. The van der Waals surface area contributed by atoms with Gasteiger partial charge in [0.25, 0.3) is 10.0 Å². The van der Waals surface area contributed by atoms with E-state index in [1.807, 2.05) is 0 Å². The Kier molecular flexibility index (Phi) is 5.44. The fourth-order valence-corrected chi connectivity index (χ4v) is 3.71. The molecule has 134 valence electrons. The maximum absolute atomic E-state index is 12.6. The van der Waals surface area contributed by atoms with Crippen LogP contribution in [0.15, 0.2) is 41.3 Å². The number of nitrogens with zero attached hydrogens (tertiary/aromatic N) is 1. The van der Waals surface area contributed by atoms with Crippen molar-refractivity contribution in [1.29, 1.82) is 0 Å². The van der Waals surface area contributed by atoms with E-state index in [2.05, 4.69) is 4.72 Å². The molecule has 0 aliphatic rings. The van der Waals surface area contributed by atoms with Crippen LogP contribution in [0.25, 0.3) is 0 Å².